The highest BCUT2D eigenvalue weighted by Crippen LogP contribution is 2.60. The molecule has 1 nitrogen and oxygen atoms in total. The van der Waals surface area contributed by atoms with Crippen LogP contribution in [0.5, 0.6) is 0 Å². The van der Waals surface area contributed by atoms with Gasteiger partial charge in [-0.3, -0.25) is 0 Å². The number of hydrogen-bond donors (Lipinski definition) is 1. The summed E-state index contributed by atoms with van der Waals surface area (Å²) in [6.45, 7) is 25.7. The standard InChI is InChI=1S/C28H47F.C5H12.C2H6.CH5N/c1-21(18-20-28(6,29)26(2,3)4)24-16-17-25-23(13-10-19-27(24,25)5)15-14-22-11-8-7-9-12-22;1-5(2,3)4;2*1-2/h14-15,21,24-25H,7-13,16-20H2,1-6H3;1-4H3;1-2H3;2H2,1H3/b23-15+;;;. The Bertz CT molecular complexity index is 688. The minimum Gasteiger partial charge on any atom is -0.333 e. The molecular weight excluding hydrogens is 465 g/mol. The van der Waals surface area contributed by atoms with Crippen molar-refractivity contribution < 1.29 is 4.39 Å². The summed E-state index contributed by atoms with van der Waals surface area (Å²) in [6.07, 6.45) is 20.3. The molecule has 3 rings (SSSR count). The van der Waals surface area contributed by atoms with Crippen molar-refractivity contribution in [2.75, 3.05) is 7.05 Å². The lowest BCUT2D eigenvalue weighted by Gasteiger charge is -2.45. The molecule has 5 atom stereocenters. The second-order valence-electron chi connectivity index (χ2n) is 15.2. The van der Waals surface area contributed by atoms with Crippen LogP contribution in [0.25, 0.3) is 0 Å². The number of allylic oxidation sites excluding steroid dienone is 4. The number of halogens is 1. The Hall–Kier alpha value is -0.630. The Morgan fingerprint density at radius 1 is 0.868 bits per heavy atom. The van der Waals surface area contributed by atoms with Crippen LogP contribution in [0.3, 0.4) is 0 Å². The maximum absolute atomic E-state index is 15.2. The third-order valence-corrected chi connectivity index (χ3v) is 9.39. The highest BCUT2D eigenvalue weighted by Gasteiger charge is 2.51. The lowest BCUT2D eigenvalue weighted by molar-refractivity contribution is 0.0228. The third-order valence-electron chi connectivity index (χ3n) is 9.39. The van der Waals surface area contributed by atoms with Crippen molar-refractivity contribution in [1.29, 1.82) is 0 Å². The first-order valence-corrected chi connectivity index (χ1v) is 16.2. The van der Waals surface area contributed by atoms with Crippen molar-refractivity contribution in [1.82, 2.24) is 0 Å². The summed E-state index contributed by atoms with van der Waals surface area (Å²) in [4.78, 5) is 0. The van der Waals surface area contributed by atoms with E-state index in [1.807, 2.05) is 41.5 Å². The summed E-state index contributed by atoms with van der Waals surface area (Å²) < 4.78 is 15.2. The summed E-state index contributed by atoms with van der Waals surface area (Å²) in [7, 11) is 1.50. The maximum Gasteiger partial charge on any atom is 0.113 e. The molecule has 3 saturated carbocycles. The van der Waals surface area contributed by atoms with Crippen molar-refractivity contribution in [3.63, 3.8) is 0 Å². The molecule has 0 heterocycles. The van der Waals surface area contributed by atoms with E-state index in [4.69, 9.17) is 0 Å². The van der Waals surface area contributed by atoms with E-state index in [0.29, 0.717) is 23.2 Å². The van der Waals surface area contributed by atoms with Crippen molar-refractivity contribution >= 4 is 0 Å². The minimum absolute atomic E-state index is 0.276. The molecule has 0 aromatic carbocycles. The van der Waals surface area contributed by atoms with Crippen LogP contribution in [0.15, 0.2) is 23.3 Å². The van der Waals surface area contributed by atoms with Gasteiger partial charge in [-0.2, -0.15) is 0 Å². The lowest BCUT2D eigenvalue weighted by atomic mass is 9.60. The van der Waals surface area contributed by atoms with Crippen LogP contribution >= 0.6 is 0 Å². The summed E-state index contributed by atoms with van der Waals surface area (Å²) >= 11 is 0. The predicted octanol–water partition coefficient (Wildman–Crippen LogP) is 11.9. The molecule has 5 unspecified atom stereocenters. The second-order valence-corrected chi connectivity index (χ2v) is 15.2. The van der Waals surface area contributed by atoms with E-state index in [1.165, 1.54) is 71.3 Å². The first kappa shape index (κ1) is 37.4. The fourth-order valence-corrected chi connectivity index (χ4v) is 6.69. The van der Waals surface area contributed by atoms with E-state index >= 15 is 4.39 Å². The van der Waals surface area contributed by atoms with Crippen LogP contribution < -0.4 is 5.73 Å². The molecule has 3 aliphatic carbocycles. The van der Waals surface area contributed by atoms with Gasteiger partial charge in [0.1, 0.15) is 5.67 Å². The monoisotopic (exact) mass is 536 g/mol. The molecule has 38 heavy (non-hydrogen) atoms. The molecule has 0 saturated heterocycles. The molecule has 0 radical (unpaired) electrons. The molecule has 0 aliphatic heterocycles. The normalized spacial score (nSPS) is 28.8. The van der Waals surface area contributed by atoms with Gasteiger partial charge in [-0.25, -0.2) is 4.39 Å². The van der Waals surface area contributed by atoms with Crippen molar-refractivity contribution in [3.8, 4) is 0 Å². The smallest absolute Gasteiger partial charge is 0.113 e. The highest BCUT2D eigenvalue weighted by molar-refractivity contribution is 5.25. The van der Waals surface area contributed by atoms with Crippen molar-refractivity contribution in [2.24, 2.45) is 39.7 Å². The van der Waals surface area contributed by atoms with Crippen LogP contribution in [0, 0.1) is 34.0 Å². The fourth-order valence-electron chi connectivity index (χ4n) is 6.69. The van der Waals surface area contributed by atoms with Crippen LogP contribution in [0.2, 0.25) is 0 Å². The number of alkyl halides is 1. The Kier molecular flexibility index (Phi) is 16.3. The zero-order chi connectivity index (χ0) is 29.8. The molecule has 2 heteroatoms. The van der Waals surface area contributed by atoms with E-state index < -0.39 is 5.67 Å². The molecule has 3 fully saturated rings. The zero-order valence-electron chi connectivity index (χ0n) is 28.3. The van der Waals surface area contributed by atoms with Gasteiger partial charge in [0.25, 0.3) is 0 Å². The van der Waals surface area contributed by atoms with E-state index in [2.05, 4.69) is 59.4 Å². The summed E-state index contributed by atoms with van der Waals surface area (Å²) in [6, 6.07) is 0. The van der Waals surface area contributed by atoms with E-state index in [-0.39, 0.29) is 5.41 Å². The van der Waals surface area contributed by atoms with E-state index in [9.17, 15) is 0 Å². The lowest BCUT2D eigenvalue weighted by Crippen LogP contribution is -2.38. The van der Waals surface area contributed by atoms with Gasteiger partial charge in [0.15, 0.2) is 0 Å². The van der Waals surface area contributed by atoms with Gasteiger partial charge < -0.3 is 5.73 Å². The second kappa shape index (κ2) is 16.6. The van der Waals surface area contributed by atoms with Crippen molar-refractivity contribution in [2.45, 2.75) is 166 Å². The quantitative estimate of drug-likeness (QED) is 0.372. The minimum atomic E-state index is -1.08. The van der Waals surface area contributed by atoms with Gasteiger partial charge in [0.05, 0.1) is 0 Å². The first-order chi connectivity index (χ1) is 17.5. The van der Waals surface area contributed by atoms with Crippen LogP contribution in [-0.2, 0) is 0 Å². The highest BCUT2D eigenvalue weighted by atomic mass is 19.1. The van der Waals surface area contributed by atoms with Crippen LogP contribution in [0.1, 0.15) is 160 Å². The van der Waals surface area contributed by atoms with Gasteiger partial charge in [-0.1, -0.05) is 106 Å². The van der Waals surface area contributed by atoms with Crippen LogP contribution in [0.4, 0.5) is 4.39 Å². The Balaban J connectivity index is 0.00000134. The number of hydrogen-bond acceptors (Lipinski definition) is 1. The summed E-state index contributed by atoms with van der Waals surface area (Å²) in [5.41, 5.74) is 7.50. The van der Waals surface area contributed by atoms with Gasteiger partial charge in [0.2, 0.25) is 0 Å². The number of rotatable bonds is 5. The molecule has 0 bridgehead atoms. The van der Waals surface area contributed by atoms with Gasteiger partial charge in [-0.15, -0.1) is 0 Å². The zero-order valence-corrected chi connectivity index (χ0v) is 28.3. The molecular formula is C36H70FN. The average molecular weight is 536 g/mol. The number of nitrogens with two attached hydrogens (primary N) is 1. The molecule has 0 spiro atoms. The third kappa shape index (κ3) is 11.9. The molecule has 3 aliphatic rings. The summed E-state index contributed by atoms with van der Waals surface area (Å²) in [5, 5.41) is 0. The maximum atomic E-state index is 15.2. The number of fused-ring (bicyclic) bond motifs is 1. The summed E-state index contributed by atoms with van der Waals surface area (Å²) in [5.74, 6) is 2.15. The van der Waals surface area contributed by atoms with E-state index in [0.717, 1.165) is 18.3 Å². The topological polar surface area (TPSA) is 26.0 Å². The first-order valence-electron chi connectivity index (χ1n) is 16.2. The molecule has 0 aromatic rings. The van der Waals surface area contributed by atoms with Gasteiger partial charge in [-0.05, 0) is 119 Å². The Morgan fingerprint density at radius 2 is 1.39 bits per heavy atom. The van der Waals surface area contributed by atoms with Gasteiger partial charge in [0, 0.05) is 0 Å². The SMILES string of the molecule is CC.CC(C)(C)C.CC(CCC(C)(F)C(C)(C)C)C1CCC2/C(=C/C=C3CCCCC3)CCCC21C.CN. The Morgan fingerprint density at radius 3 is 1.89 bits per heavy atom. The van der Waals surface area contributed by atoms with Gasteiger partial charge >= 0.3 is 0 Å². The largest absolute Gasteiger partial charge is 0.333 e. The Labute approximate surface area is 240 Å². The average Bonchev–Trinajstić information content (AvgIpc) is 3.20. The molecule has 0 amide bonds. The van der Waals surface area contributed by atoms with Crippen LogP contribution in [-0.4, -0.2) is 12.7 Å². The molecule has 2 N–H and O–H groups in total. The predicted molar refractivity (Wildman–Crippen MR) is 171 cm³/mol. The van der Waals surface area contributed by atoms with Crippen molar-refractivity contribution in [3.05, 3.63) is 23.3 Å². The fraction of sp³-hybridized carbons (Fsp3) is 0.889. The molecule has 226 valence electrons. The molecule has 0 aromatic heterocycles. The van der Waals surface area contributed by atoms with E-state index in [1.54, 1.807) is 11.1 Å².